The maximum Gasteiger partial charge on any atom is 0.148 e. The Balaban J connectivity index is 2.50. The Morgan fingerprint density at radius 3 is 2.42 bits per heavy atom. The number of halogens is 4. The Morgan fingerprint density at radius 1 is 1.16 bits per heavy atom. The first-order valence-electron chi connectivity index (χ1n) is 5.57. The van der Waals surface area contributed by atoms with Crippen LogP contribution in [0.15, 0.2) is 34.8 Å². The fourth-order valence-corrected chi connectivity index (χ4v) is 2.64. The van der Waals surface area contributed by atoms with Crippen LogP contribution in [-0.4, -0.2) is 0 Å². The Bertz CT molecular complexity index is 631. The van der Waals surface area contributed by atoms with E-state index in [0.717, 1.165) is 11.1 Å². The molecule has 19 heavy (non-hydrogen) atoms. The van der Waals surface area contributed by atoms with Crippen molar-refractivity contribution in [3.05, 3.63) is 67.4 Å². The first-order valence-corrected chi connectivity index (χ1v) is 7.11. The minimum atomic E-state index is -0.581. The van der Waals surface area contributed by atoms with Gasteiger partial charge in [-0.1, -0.05) is 35.3 Å². The highest BCUT2D eigenvalue weighted by atomic mass is 79.9. The van der Waals surface area contributed by atoms with E-state index in [2.05, 4.69) is 15.9 Å². The zero-order valence-corrected chi connectivity index (χ0v) is 13.2. The van der Waals surface area contributed by atoms with Crippen LogP contribution in [0.3, 0.4) is 0 Å². The van der Waals surface area contributed by atoms with Gasteiger partial charge in [-0.25, -0.2) is 4.39 Å². The molecule has 2 aromatic rings. The van der Waals surface area contributed by atoms with Crippen LogP contribution >= 0.6 is 39.1 Å². The molecule has 0 spiro atoms. The summed E-state index contributed by atoms with van der Waals surface area (Å²) in [5.41, 5.74) is 8.23. The topological polar surface area (TPSA) is 26.0 Å². The normalized spacial score (nSPS) is 12.5. The number of aryl methyl sites for hydroxylation is 1. The minimum Gasteiger partial charge on any atom is -0.320 e. The second kappa shape index (κ2) is 5.80. The average molecular weight is 363 g/mol. The van der Waals surface area contributed by atoms with Crippen LogP contribution in [-0.2, 0) is 0 Å². The molecule has 0 aliphatic carbocycles. The van der Waals surface area contributed by atoms with Crippen molar-refractivity contribution in [1.29, 1.82) is 0 Å². The van der Waals surface area contributed by atoms with Crippen molar-refractivity contribution in [2.45, 2.75) is 13.0 Å². The summed E-state index contributed by atoms with van der Waals surface area (Å²) in [7, 11) is 0. The summed E-state index contributed by atoms with van der Waals surface area (Å²) in [6, 6.07) is 8.08. The fourth-order valence-electron chi connectivity index (χ4n) is 1.94. The van der Waals surface area contributed by atoms with E-state index < -0.39 is 11.9 Å². The van der Waals surface area contributed by atoms with E-state index in [9.17, 15) is 4.39 Å². The highest BCUT2D eigenvalue weighted by Gasteiger charge is 2.18. The summed E-state index contributed by atoms with van der Waals surface area (Å²) in [6.45, 7) is 1.89. The van der Waals surface area contributed by atoms with Gasteiger partial charge in [0, 0.05) is 15.1 Å². The van der Waals surface area contributed by atoms with Crippen molar-refractivity contribution >= 4 is 39.1 Å². The molecular weight excluding hydrogens is 352 g/mol. The molecule has 1 unspecified atom stereocenters. The smallest absolute Gasteiger partial charge is 0.148 e. The molecule has 0 heterocycles. The lowest BCUT2D eigenvalue weighted by atomic mass is 9.95. The Morgan fingerprint density at radius 2 is 1.79 bits per heavy atom. The van der Waals surface area contributed by atoms with Crippen LogP contribution < -0.4 is 5.73 Å². The lowest BCUT2D eigenvalue weighted by Gasteiger charge is -2.17. The van der Waals surface area contributed by atoms with Gasteiger partial charge in [-0.3, -0.25) is 0 Å². The number of hydrogen-bond acceptors (Lipinski definition) is 1. The average Bonchev–Trinajstić information content (AvgIpc) is 2.35. The van der Waals surface area contributed by atoms with Crippen molar-refractivity contribution in [3.8, 4) is 0 Å². The lowest BCUT2D eigenvalue weighted by molar-refractivity contribution is 0.599. The molecule has 0 saturated carbocycles. The molecule has 2 N–H and O–H groups in total. The van der Waals surface area contributed by atoms with Gasteiger partial charge in [-0.15, -0.1) is 0 Å². The van der Waals surface area contributed by atoms with Crippen LogP contribution in [0, 0.1) is 12.7 Å². The Labute approximate surface area is 129 Å². The molecule has 1 atom stereocenters. The van der Waals surface area contributed by atoms with Gasteiger partial charge in [0.2, 0.25) is 0 Å². The third-order valence-electron chi connectivity index (χ3n) is 2.97. The third kappa shape index (κ3) is 2.95. The minimum absolute atomic E-state index is 0.0413. The summed E-state index contributed by atoms with van der Waals surface area (Å²) < 4.78 is 14.7. The standard InChI is InChI=1S/C14H11BrCl2FN/c1-7-6-8(16)2-3-9(7)14(19)10-4-5-11(15)12(17)13(10)18/h2-6,14H,19H2,1H3. The molecule has 0 radical (unpaired) electrons. The number of rotatable bonds is 2. The monoisotopic (exact) mass is 361 g/mol. The van der Waals surface area contributed by atoms with E-state index in [1.54, 1.807) is 30.3 Å². The molecule has 100 valence electrons. The first-order chi connectivity index (χ1) is 8.91. The van der Waals surface area contributed by atoms with Crippen LogP contribution in [0.4, 0.5) is 4.39 Å². The Kier molecular flexibility index (Phi) is 4.51. The van der Waals surface area contributed by atoms with Gasteiger partial charge in [-0.2, -0.15) is 0 Å². The number of benzene rings is 2. The van der Waals surface area contributed by atoms with E-state index in [1.165, 1.54) is 0 Å². The first kappa shape index (κ1) is 14.8. The zero-order valence-electron chi connectivity index (χ0n) is 10.1. The molecular formula is C14H11BrCl2FN. The van der Waals surface area contributed by atoms with Crippen LogP contribution in [0.5, 0.6) is 0 Å². The lowest BCUT2D eigenvalue weighted by Crippen LogP contribution is -2.15. The molecule has 0 bridgehead atoms. The van der Waals surface area contributed by atoms with Crippen LogP contribution in [0.2, 0.25) is 10.0 Å². The van der Waals surface area contributed by atoms with E-state index in [1.807, 2.05) is 6.92 Å². The maximum absolute atomic E-state index is 14.1. The highest BCUT2D eigenvalue weighted by Crippen LogP contribution is 2.33. The van der Waals surface area contributed by atoms with Gasteiger partial charge in [-0.05, 0) is 52.2 Å². The number of nitrogens with two attached hydrogens (primary N) is 1. The summed E-state index contributed by atoms with van der Waals surface area (Å²) in [6.07, 6.45) is 0. The predicted octanol–water partition coefficient (Wildman–Crippen LogP) is 5.25. The van der Waals surface area contributed by atoms with E-state index in [4.69, 9.17) is 28.9 Å². The molecule has 0 aliphatic rings. The molecule has 0 saturated heterocycles. The second-order valence-corrected chi connectivity index (χ2v) is 5.91. The summed E-state index contributed by atoms with van der Waals surface area (Å²) in [5.74, 6) is -0.502. The molecule has 5 heteroatoms. The van der Waals surface area contributed by atoms with Gasteiger partial charge in [0.05, 0.1) is 11.1 Å². The van der Waals surface area contributed by atoms with Crippen molar-refractivity contribution in [2.24, 2.45) is 5.73 Å². The number of hydrogen-bond donors (Lipinski definition) is 1. The second-order valence-electron chi connectivity index (χ2n) is 4.24. The molecule has 0 aromatic heterocycles. The van der Waals surface area contributed by atoms with Gasteiger partial charge in [0.25, 0.3) is 0 Å². The molecule has 1 nitrogen and oxygen atoms in total. The van der Waals surface area contributed by atoms with Crippen molar-refractivity contribution in [2.75, 3.05) is 0 Å². The van der Waals surface area contributed by atoms with Gasteiger partial charge >= 0.3 is 0 Å². The van der Waals surface area contributed by atoms with E-state index in [-0.39, 0.29) is 5.02 Å². The summed E-state index contributed by atoms with van der Waals surface area (Å²) in [4.78, 5) is 0. The molecule has 2 aromatic carbocycles. The van der Waals surface area contributed by atoms with Crippen molar-refractivity contribution in [3.63, 3.8) is 0 Å². The van der Waals surface area contributed by atoms with Gasteiger partial charge < -0.3 is 5.73 Å². The van der Waals surface area contributed by atoms with Gasteiger partial charge in [0.15, 0.2) is 0 Å². The SMILES string of the molecule is Cc1cc(Cl)ccc1C(N)c1ccc(Br)c(Cl)c1F. The van der Waals surface area contributed by atoms with E-state index in [0.29, 0.717) is 15.1 Å². The summed E-state index contributed by atoms with van der Waals surface area (Å²) >= 11 is 15.0. The fraction of sp³-hybridized carbons (Fsp3) is 0.143. The molecule has 2 rings (SSSR count). The maximum atomic E-state index is 14.1. The third-order valence-corrected chi connectivity index (χ3v) is 4.46. The van der Waals surface area contributed by atoms with E-state index >= 15 is 0 Å². The van der Waals surface area contributed by atoms with Crippen LogP contribution in [0.1, 0.15) is 22.7 Å². The highest BCUT2D eigenvalue weighted by molar-refractivity contribution is 9.10. The van der Waals surface area contributed by atoms with Crippen molar-refractivity contribution in [1.82, 2.24) is 0 Å². The molecule has 0 fully saturated rings. The molecule has 0 aliphatic heterocycles. The summed E-state index contributed by atoms with van der Waals surface area (Å²) in [5, 5.41) is 0.669. The predicted molar refractivity (Wildman–Crippen MR) is 81.3 cm³/mol. The van der Waals surface area contributed by atoms with Crippen LogP contribution in [0.25, 0.3) is 0 Å². The molecule has 0 amide bonds. The zero-order chi connectivity index (χ0) is 14.2. The van der Waals surface area contributed by atoms with Crippen molar-refractivity contribution < 1.29 is 4.39 Å². The largest absolute Gasteiger partial charge is 0.320 e. The van der Waals surface area contributed by atoms with Gasteiger partial charge in [0.1, 0.15) is 5.82 Å². The quantitative estimate of drug-likeness (QED) is 0.725. The Hall–Kier alpha value is -0.610.